The SMILES string of the molecule is CC(=O)c1cc(N(CCC#N)C2CC2)ccc1N. The van der Waals surface area contributed by atoms with E-state index in [1.807, 2.05) is 12.1 Å². The normalized spacial score (nSPS) is 14.0. The van der Waals surface area contributed by atoms with Gasteiger partial charge < -0.3 is 10.6 Å². The molecule has 1 aliphatic rings. The van der Waals surface area contributed by atoms with Crippen molar-refractivity contribution < 1.29 is 4.79 Å². The van der Waals surface area contributed by atoms with E-state index in [1.165, 1.54) is 6.92 Å². The Morgan fingerprint density at radius 2 is 2.28 bits per heavy atom. The average molecular weight is 243 g/mol. The molecule has 0 radical (unpaired) electrons. The fourth-order valence-electron chi connectivity index (χ4n) is 2.11. The zero-order valence-corrected chi connectivity index (χ0v) is 10.5. The highest BCUT2D eigenvalue weighted by Gasteiger charge is 2.29. The van der Waals surface area contributed by atoms with E-state index in [-0.39, 0.29) is 5.78 Å². The molecule has 0 atom stereocenters. The number of rotatable bonds is 5. The minimum absolute atomic E-state index is 0.0228. The van der Waals surface area contributed by atoms with Gasteiger partial charge in [-0.2, -0.15) is 5.26 Å². The molecule has 1 fully saturated rings. The zero-order chi connectivity index (χ0) is 13.1. The third-order valence-electron chi connectivity index (χ3n) is 3.20. The van der Waals surface area contributed by atoms with Crippen LogP contribution in [0.4, 0.5) is 11.4 Å². The molecular formula is C14H17N3O. The van der Waals surface area contributed by atoms with Gasteiger partial charge in [0.15, 0.2) is 5.78 Å². The van der Waals surface area contributed by atoms with Crippen molar-refractivity contribution in [2.24, 2.45) is 0 Å². The van der Waals surface area contributed by atoms with Gasteiger partial charge in [-0.25, -0.2) is 0 Å². The number of carbonyl (C=O) groups excluding carboxylic acids is 1. The van der Waals surface area contributed by atoms with Gasteiger partial charge in [-0.3, -0.25) is 4.79 Å². The summed E-state index contributed by atoms with van der Waals surface area (Å²) in [6.07, 6.45) is 2.81. The maximum Gasteiger partial charge on any atom is 0.161 e. The van der Waals surface area contributed by atoms with Crippen molar-refractivity contribution in [3.8, 4) is 6.07 Å². The molecule has 0 aliphatic heterocycles. The lowest BCUT2D eigenvalue weighted by Gasteiger charge is -2.24. The Bertz CT molecular complexity index is 500. The number of nitrogens with two attached hydrogens (primary N) is 1. The third kappa shape index (κ3) is 2.62. The first-order chi connectivity index (χ1) is 8.63. The van der Waals surface area contributed by atoms with Crippen LogP contribution in [-0.4, -0.2) is 18.4 Å². The van der Waals surface area contributed by atoms with Crippen molar-refractivity contribution in [1.82, 2.24) is 0 Å². The first kappa shape index (κ1) is 12.4. The molecule has 1 aliphatic carbocycles. The van der Waals surface area contributed by atoms with Gasteiger partial charge in [-0.05, 0) is 38.0 Å². The van der Waals surface area contributed by atoms with E-state index in [0.29, 0.717) is 30.3 Å². The van der Waals surface area contributed by atoms with Crippen molar-refractivity contribution >= 4 is 17.2 Å². The summed E-state index contributed by atoms with van der Waals surface area (Å²) in [5, 5.41) is 8.70. The number of Topliss-reactive ketones (excluding diaryl/α,β-unsaturated/α-hetero) is 1. The van der Waals surface area contributed by atoms with Gasteiger partial charge >= 0.3 is 0 Å². The smallest absolute Gasteiger partial charge is 0.161 e. The Labute approximate surface area is 107 Å². The molecule has 1 aromatic rings. The maximum absolute atomic E-state index is 11.5. The van der Waals surface area contributed by atoms with E-state index in [9.17, 15) is 4.79 Å². The predicted octanol–water partition coefficient (Wildman–Crippen LogP) is 2.35. The largest absolute Gasteiger partial charge is 0.398 e. The number of benzene rings is 1. The molecule has 0 bridgehead atoms. The van der Waals surface area contributed by atoms with Gasteiger partial charge in [0, 0.05) is 29.5 Å². The molecule has 0 aromatic heterocycles. The lowest BCUT2D eigenvalue weighted by atomic mass is 10.1. The van der Waals surface area contributed by atoms with Crippen molar-refractivity contribution in [3.05, 3.63) is 23.8 Å². The summed E-state index contributed by atoms with van der Waals surface area (Å²) in [6, 6.07) is 8.22. The third-order valence-corrected chi connectivity index (χ3v) is 3.20. The number of nitriles is 1. The molecule has 2 N–H and O–H groups in total. The topological polar surface area (TPSA) is 70.1 Å². The summed E-state index contributed by atoms with van der Waals surface area (Å²) in [5.74, 6) is -0.0228. The monoisotopic (exact) mass is 243 g/mol. The molecule has 4 heteroatoms. The van der Waals surface area contributed by atoms with Gasteiger partial charge in [0.25, 0.3) is 0 Å². The summed E-state index contributed by atoms with van der Waals surface area (Å²) in [6.45, 7) is 2.23. The van der Waals surface area contributed by atoms with E-state index in [1.54, 1.807) is 6.07 Å². The molecule has 2 rings (SSSR count). The molecule has 1 aromatic carbocycles. The van der Waals surface area contributed by atoms with Crippen LogP contribution in [0, 0.1) is 11.3 Å². The molecule has 0 amide bonds. The summed E-state index contributed by atoms with van der Waals surface area (Å²) in [4.78, 5) is 13.7. The maximum atomic E-state index is 11.5. The highest BCUT2D eigenvalue weighted by molar-refractivity contribution is 6.00. The fraction of sp³-hybridized carbons (Fsp3) is 0.429. The van der Waals surface area contributed by atoms with Crippen molar-refractivity contribution in [2.45, 2.75) is 32.2 Å². The van der Waals surface area contributed by atoms with E-state index >= 15 is 0 Å². The Kier molecular flexibility index (Phi) is 3.52. The van der Waals surface area contributed by atoms with Crippen molar-refractivity contribution in [2.75, 3.05) is 17.2 Å². The second kappa shape index (κ2) is 5.09. The number of nitrogens with zero attached hydrogens (tertiary/aromatic N) is 2. The summed E-state index contributed by atoms with van der Waals surface area (Å²) in [7, 11) is 0. The van der Waals surface area contributed by atoms with E-state index in [0.717, 1.165) is 18.5 Å². The van der Waals surface area contributed by atoms with Gasteiger partial charge in [-0.15, -0.1) is 0 Å². The highest BCUT2D eigenvalue weighted by Crippen LogP contribution is 2.33. The number of hydrogen-bond donors (Lipinski definition) is 1. The Morgan fingerprint density at radius 3 is 2.83 bits per heavy atom. The molecule has 0 spiro atoms. The van der Waals surface area contributed by atoms with Crippen molar-refractivity contribution in [1.29, 1.82) is 5.26 Å². The molecule has 18 heavy (non-hydrogen) atoms. The molecule has 0 saturated heterocycles. The molecule has 1 saturated carbocycles. The predicted molar refractivity (Wildman–Crippen MR) is 71.5 cm³/mol. The van der Waals surface area contributed by atoms with E-state index < -0.39 is 0 Å². The Hall–Kier alpha value is -2.02. The second-order valence-electron chi connectivity index (χ2n) is 4.66. The highest BCUT2D eigenvalue weighted by atomic mass is 16.1. The quantitative estimate of drug-likeness (QED) is 0.636. The van der Waals surface area contributed by atoms with Crippen LogP contribution in [0.25, 0.3) is 0 Å². The van der Waals surface area contributed by atoms with Crippen LogP contribution in [0.2, 0.25) is 0 Å². The number of anilines is 2. The summed E-state index contributed by atoms with van der Waals surface area (Å²) < 4.78 is 0. The number of ketones is 1. The summed E-state index contributed by atoms with van der Waals surface area (Å²) in [5.41, 5.74) is 7.86. The van der Waals surface area contributed by atoms with Crippen LogP contribution in [0.3, 0.4) is 0 Å². The Morgan fingerprint density at radius 1 is 1.56 bits per heavy atom. The average Bonchev–Trinajstić information content (AvgIpc) is 3.15. The fourth-order valence-corrected chi connectivity index (χ4v) is 2.11. The van der Waals surface area contributed by atoms with Crippen LogP contribution >= 0.6 is 0 Å². The van der Waals surface area contributed by atoms with Gasteiger partial charge in [0.05, 0.1) is 12.5 Å². The van der Waals surface area contributed by atoms with Gasteiger partial charge in [0.2, 0.25) is 0 Å². The molecule has 94 valence electrons. The van der Waals surface area contributed by atoms with Gasteiger partial charge in [-0.1, -0.05) is 0 Å². The Balaban J connectivity index is 2.27. The van der Waals surface area contributed by atoms with Crippen LogP contribution < -0.4 is 10.6 Å². The molecule has 0 heterocycles. The number of nitrogen functional groups attached to an aromatic ring is 1. The number of carbonyl (C=O) groups is 1. The molecule has 4 nitrogen and oxygen atoms in total. The van der Waals surface area contributed by atoms with Crippen LogP contribution in [0.15, 0.2) is 18.2 Å². The van der Waals surface area contributed by atoms with Crippen LogP contribution in [0.1, 0.15) is 36.5 Å². The number of hydrogen-bond acceptors (Lipinski definition) is 4. The van der Waals surface area contributed by atoms with Crippen LogP contribution in [0.5, 0.6) is 0 Å². The van der Waals surface area contributed by atoms with Crippen molar-refractivity contribution in [3.63, 3.8) is 0 Å². The lowest BCUT2D eigenvalue weighted by Crippen LogP contribution is -2.26. The van der Waals surface area contributed by atoms with Gasteiger partial charge in [0.1, 0.15) is 0 Å². The minimum Gasteiger partial charge on any atom is -0.398 e. The zero-order valence-electron chi connectivity index (χ0n) is 10.5. The minimum atomic E-state index is -0.0228. The van der Waals surface area contributed by atoms with E-state index in [2.05, 4.69) is 11.0 Å². The standard InChI is InChI=1S/C14H17N3O/c1-10(18)13-9-12(5-6-14(13)16)17(8-2-7-15)11-3-4-11/h5-6,9,11H,2-4,8,16H2,1H3. The molecule has 0 unspecified atom stereocenters. The van der Waals surface area contributed by atoms with E-state index in [4.69, 9.17) is 11.0 Å². The first-order valence-electron chi connectivity index (χ1n) is 6.17. The summed E-state index contributed by atoms with van der Waals surface area (Å²) >= 11 is 0. The first-order valence-corrected chi connectivity index (χ1v) is 6.17. The lowest BCUT2D eigenvalue weighted by molar-refractivity contribution is 0.101. The second-order valence-corrected chi connectivity index (χ2v) is 4.66. The molecular weight excluding hydrogens is 226 g/mol. The van der Waals surface area contributed by atoms with Crippen LogP contribution in [-0.2, 0) is 0 Å².